The summed E-state index contributed by atoms with van der Waals surface area (Å²) >= 11 is 4.74. The van der Waals surface area contributed by atoms with Gasteiger partial charge in [-0.25, -0.2) is 9.78 Å². The van der Waals surface area contributed by atoms with Gasteiger partial charge in [0.1, 0.15) is 0 Å². The molecule has 0 saturated carbocycles. The molecule has 1 aromatic heterocycles. The fraction of sp³-hybridized carbons (Fsp3) is 0.158. The van der Waals surface area contributed by atoms with Gasteiger partial charge in [-0.2, -0.15) is 0 Å². The summed E-state index contributed by atoms with van der Waals surface area (Å²) in [7, 11) is -2.61. The quantitative estimate of drug-likeness (QED) is 0.319. The number of halogens is 3. The second-order valence-electron chi connectivity index (χ2n) is 6.59. The van der Waals surface area contributed by atoms with Crippen molar-refractivity contribution in [3.8, 4) is 11.3 Å². The smallest absolute Gasteiger partial charge is 0.399 e. The van der Waals surface area contributed by atoms with Crippen molar-refractivity contribution in [1.29, 1.82) is 0 Å². The van der Waals surface area contributed by atoms with Gasteiger partial charge in [-0.15, -0.1) is 20.8 Å². The standard InChI is InChI=1S/C19H16BrF2N2O5PS/c1-24(9-12-2-3-15(16(20)8-12)10-30(27,28-21)29-22)19-23-17(11-31-19)13-4-6-14(7-5-13)18(25)26/h2-8,11H,9-10H2,1H3,(H,25,26). The summed E-state index contributed by atoms with van der Waals surface area (Å²) < 4.78 is 43.0. The zero-order valence-corrected chi connectivity index (χ0v) is 19.3. The van der Waals surface area contributed by atoms with Crippen LogP contribution in [0.2, 0.25) is 0 Å². The summed E-state index contributed by atoms with van der Waals surface area (Å²) in [5.41, 5.74) is 2.98. The van der Waals surface area contributed by atoms with Crippen molar-refractivity contribution in [3.05, 3.63) is 69.0 Å². The Morgan fingerprint density at radius 1 is 1.23 bits per heavy atom. The molecule has 0 saturated heterocycles. The Morgan fingerprint density at radius 2 is 1.90 bits per heavy atom. The van der Waals surface area contributed by atoms with Crippen LogP contribution in [0.3, 0.4) is 0 Å². The maximum atomic E-state index is 12.3. The van der Waals surface area contributed by atoms with Crippen LogP contribution in [0.25, 0.3) is 11.3 Å². The number of carboxylic acids is 1. The summed E-state index contributed by atoms with van der Waals surface area (Å²) in [6, 6.07) is 11.5. The number of aromatic nitrogens is 1. The Hall–Kier alpha value is -2.17. The molecule has 31 heavy (non-hydrogen) atoms. The molecule has 164 valence electrons. The highest BCUT2D eigenvalue weighted by atomic mass is 79.9. The van der Waals surface area contributed by atoms with E-state index in [0.717, 1.165) is 22.0 Å². The highest BCUT2D eigenvalue weighted by molar-refractivity contribution is 9.10. The van der Waals surface area contributed by atoms with Crippen molar-refractivity contribution < 1.29 is 33.0 Å². The van der Waals surface area contributed by atoms with E-state index in [0.29, 0.717) is 16.6 Å². The summed E-state index contributed by atoms with van der Waals surface area (Å²) in [5.74, 6) is -0.986. The summed E-state index contributed by atoms with van der Waals surface area (Å²) in [4.78, 5) is 17.5. The molecule has 12 heteroatoms. The molecule has 0 spiro atoms. The van der Waals surface area contributed by atoms with Crippen molar-refractivity contribution in [2.45, 2.75) is 12.7 Å². The van der Waals surface area contributed by atoms with Gasteiger partial charge in [0.2, 0.25) is 0 Å². The molecule has 3 aromatic rings. The Kier molecular flexibility index (Phi) is 7.55. The molecule has 0 fully saturated rings. The van der Waals surface area contributed by atoms with Crippen molar-refractivity contribution in [2.24, 2.45) is 0 Å². The van der Waals surface area contributed by atoms with Crippen molar-refractivity contribution in [3.63, 3.8) is 0 Å². The number of hydrogen-bond donors (Lipinski definition) is 1. The topological polar surface area (TPSA) is 89.0 Å². The number of hydrogen-bond acceptors (Lipinski definition) is 7. The third-order valence-electron chi connectivity index (χ3n) is 4.36. The number of nitrogens with zero attached hydrogens (tertiary/aromatic N) is 2. The number of aromatic carboxylic acids is 1. The first kappa shape index (κ1) is 23.5. The van der Waals surface area contributed by atoms with Gasteiger partial charge in [-0.3, -0.25) is 4.57 Å². The lowest BCUT2D eigenvalue weighted by Crippen LogP contribution is -2.16. The van der Waals surface area contributed by atoms with Gasteiger partial charge < -0.3 is 10.0 Å². The monoisotopic (exact) mass is 532 g/mol. The van der Waals surface area contributed by atoms with Crippen LogP contribution in [-0.4, -0.2) is 23.1 Å². The van der Waals surface area contributed by atoms with Crippen LogP contribution >= 0.6 is 34.9 Å². The number of rotatable bonds is 9. The zero-order chi connectivity index (χ0) is 22.6. The van der Waals surface area contributed by atoms with Gasteiger partial charge in [-0.1, -0.05) is 40.2 Å². The molecule has 0 aliphatic rings. The van der Waals surface area contributed by atoms with Gasteiger partial charge in [0.25, 0.3) is 0 Å². The third-order valence-corrected chi connectivity index (χ3v) is 7.20. The maximum Gasteiger partial charge on any atom is 0.399 e. The highest BCUT2D eigenvalue weighted by Gasteiger charge is 2.29. The third kappa shape index (κ3) is 5.75. The van der Waals surface area contributed by atoms with Gasteiger partial charge in [0.15, 0.2) is 5.13 Å². The normalized spacial score (nSPS) is 11.5. The van der Waals surface area contributed by atoms with Crippen molar-refractivity contribution in [2.75, 3.05) is 11.9 Å². The molecule has 0 unspecified atom stereocenters. The first-order valence-corrected chi connectivity index (χ1v) is 12.1. The lowest BCUT2D eigenvalue weighted by molar-refractivity contribution is -0.0881. The summed E-state index contributed by atoms with van der Waals surface area (Å²) in [5, 5.41) is 11.6. The van der Waals surface area contributed by atoms with E-state index in [1.54, 1.807) is 30.3 Å². The van der Waals surface area contributed by atoms with E-state index in [-0.39, 0.29) is 5.56 Å². The molecule has 0 bridgehead atoms. The Morgan fingerprint density at radius 3 is 2.48 bits per heavy atom. The van der Waals surface area contributed by atoms with Crippen LogP contribution < -0.4 is 4.90 Å². The average molecular weight is 533 g/mol. The highest BCUT2D eigenvalue weighted by Crippen LogP contribution is 2.53. The number of carboxylic acid groups (broad SMARTS) is 1. The van der Waals surface area contributed by atoms with Crippen LogP contribution in [0.4, 0.5) is 14.2 Å². The Bertz CT molecular complexity index is 1120. The minimum Gasteiger partial charge on any atom is -0.478 e. The predicted octanol–water partition coefficient (Wildman–Crippen LogP) is 6.40. The second kappa shape index (κ2) is 9.97. The lowest BCUT2D eigenvalue weighted by Gasteiger charge is -2.17. The van der Waals surface area contributed by atoms with E-state index in [4.69, 9.17) is 5.11 Å². The van der Waals surface area contributed by atoms with E-state index in [1.165, 1.54) is 23.5 Å². The molecular weight excluding hydrogens is 517 g/mol. The number of benzene rings is 2. The SMILES string of the molecule is CN(Cc1ccc(CP(=O)(OF)OF)c(Br)c1)c1nc(-c2ccc(C(=O)O)cc2)cs1. The van der Waals surface area contributed by atoms with E-state index >= 15 is 0 Å². The van der Waals surface area contributed by atoms with Gasteiger partial charge in [-0.05, 0) is 38.4 Å². The first-order chi connectivity index (χ1) is 14.7. The number of anilines is 1. The largest absolute Gasteiger partial charge is 0.478 e. The molecule has 1 N–H and O–H groups in total. The minimum absolute atomic E-state index is 0.206. The van der Waals surface area contributed by atoms with Gasteiger partial charge in [0.05, 0.1) is 17.4 Å². The van der Waals surface area contributed by atoms with Crippen LogP contribution in [0, 0.1) is 0 Å². The minimum atomic E-state index is -4.47. The molecular formula is C19H16BrF2N2O5PS. The fourth-order valence-electron chi connectivity index (χ4n) is 2.78. The molecule has 0 amide bonds. The number of thiazole rings is 1. The van der Waals surface area contributed by atoms with Crippen LogP contribution in [0.15, 0.2) is 52.3 Å². The molecule has 1 heterocycles. The zero-order valence-electron chi connectivity index (χ0n) is 16.0. The summed E-state index contributed by atoms with van der Waals surface area (Å²) in [6.45, 7) is 0.487. The van der Waals surface area contributed by atoms with Crippen LogP contribution in [0.1, 0.15) is 21.5 Å². The molecule has 2 aromatic carbocycles. The molecule has 0 aliphatic heterocycles. The Labute approximate surface area is 188 Å². The van der Waals surface area contributed by atoms with Crippen LogP contribution in [0.5, 0.6) is 0 Å². The summed E-state index contributed by atoms with van der Waals surface area (Å²) in [6.07, 6.45) is -0.562. The second-order valence-corrected chi connectivity index (χ2v) is 10.1. The molecule has 0 radical (unpaired) electrons. The van der Waals surface area contributed by atoms with Gasteiger partial charge in [0, 0.05) is 29.0 Å². The average Bonchev–Trinajstić information content (AvgIpc) is 3.26. The predicted molar refractivity (Wildman–Crippen MR) is 116 cm³/mol. The van der Waals surface area contributed by atoms with Crippen molar-refractivity contribution in [1.82, 2.24) is 4.98 Å². The van der Waals surface area contributed by atoms with Crippen molar-refractivity contribution >= 4 is 46.0 Å². The van der Waals surface area contributed by atoms with E-state index in [1.807, 2.05) is 17.3 Å². The van der Waals surface area contributed by atoms with Crippen LogP contribution in [-0.2, 0) is 26.7 Å². The Balaban J connectivity index is 1.70. The number of carbonyl (C=O) groups is 1. The molecule has 3 rings (SSSR count). The van der Waals surface area contributed by atoms with E-state index < -0.39 is 19.7 Å². The van der Waals surface area contributed by atoms with Gasteiger partial charge >= 0.3 is 13.6 Å². The maximum absolute atomic E-state index is 12.3. The molecule has 0 aliphatic carbocycles. The fourth-order valence-corrected chi connectivity index (χ4v) is 5.18. The molecule has 0 atom stereocenters. The first-order valence-electron chi connectivity index (χ1n) is 8.72. The lowest BCUT2D eigenvalue weighted by atomic mass is 10.1. The molecule has 7 nitrogen and oxygen atoms in total. The van der Waals surface area contributed by atoms with E-state index in [2.05, 4.69) is 30.4 Å². The van der Waals surface area contributed by atoms with E-state index in [9.17, 15) is 18.4 Å².